The third-order valence-electron chi connectivity index (χ3n) is 6.28. The zero-order valence-electron chi connectivity index (χ0n) is 19.6. The van der Waals surface area contributed by atoms with E-state index >= 15 is 0 Å². The molecule has 2 N–H and O–H groups in total. The van der Waals surface area contributed by atoms with Crippen LogP contribution in [-0.4, -0.2) is 72.3 Å². The van der Waals surface area contributed by atoms with Crippen molar-refractivity contribution in [3.8, 4) is 0 Å². The molecule has 1 aromatic heterocycles. The van der Waals surface area contributed by atoms with Gasteiger partial charge >= 0.3 is 12.0 Å². The van der Waals surface area contributed by atoms with Crippen LogP contribution in [0, 0.1) is 12.8 Å². The fraction of sp³-hybridized carbons (Fsp3) is 0.591. The Labute approximate surface area is 196 Å². The van der Waals surface area contributed by atoms with E-state index in [1.54, 1.807) is 27.9 Å². The van der Waals surface area contributed by atoms with E-state index in [0.29, 0.717) is 16.9 Å². The number of nitrogens with one attached hydrogen (secondary N) is 2. The van der Waals surface area contributed by atoms with Gasteiger partial charge < -0.3 is 20.3 Å². The zero-order valence-corrected chi connectivity index (χ0v) is 20.4. The van der Waals surface area contributed by atoms with E-state index in [1.165, 1.54) is 4.90 Å². The van der Waals surface area contributed by atoms with Crippen LogP contribution < -0.4 is 10.6 Å². The fourth-order valence-electron chi connectivity index (χ4n) is 4.41. The summed E-state index contributed by atoms with van der Waals surface area (Å²) in [5.41, 5.74) is -0.469. The minimum atomic E-state index is -0.962. The number of urea groups is 1. The number of nitrogens with zero attached hydrogens (tertiary/aromatic N) is 2. The van der Waals surface area contributed by atoms with Gasteiger partial charge in [0.2, 0.25) is 5.91 Å². The largest absolute Gasteiger partial charge is 0.462 e. The molecule has 1 aliphatic heterocycles. The van der Waals surface area contributed by atoms with Crippen LogP contribution in [0.2, 0.25) is 0 Å². The lowest BCUT2D eigenvalue weighted by atomic mass is 9.73. The van der Waals surface area contributed by atoms with Gasteiger partial charge in [-0.05, 0) is 38.2 Å². The number of ether oxygens (including phenoxy) is 1. The van der Waals surface area contributed by atoms with E-state index in [1.807, 2.05) is 6.92 Å². The Morgan fingerprint density at radius 2 is 1.97 bits per heavy atom. The number of hydrogen-bond acceptors (Lipinski definition) is 7. The highest BCUT2D eigenvalue weighted by Crippen LogP contribution is 2.38. The summed E-state index contributed by atoms with van der Waals surface area (Å²) in [4.78, 5) is 66.2. The molecule has 1 saturated heterocycles. The van der Waals surface area contributed by atoms with Crippen molar-refractivity contribution < 1.29 is 28.7 Å². The number of carbonyl (C=O) groups excluding carboxylic acids is 5. The van der Waals surface area contributed by atoms with Crippen molar-refractivity contribution in [1.29, 1.82) is 0 Å². The van der Waals surface area contributed by atoms with E-state index in [2.05, 4.69) is 10.6 Å². The molecular formula is C22H30N4O6S. The Balaban J connectivity index is 1.83. The van der Waals surface area contributed by atoms with Gasteiger partial charge in [-0.2, -0.15) is 0 Å². The van der Waals surface area contributed by atoms with Gasteiger partial charge in [0.15, 0.2) is 0 Å². The summed E-state index contributed by atoms with van der Waals surface area (Å²) in [7, 11) is 3.17. The summed E-state index contributed by atoms with van der Waals surface area (Å²) < 4.78 is 5.10. The fourth-order valence-corrected chi connectivity index (χ4v) is 5.64. The number of anilines is 1. The van der Waals surface area contributed by atoms with Crippen molar-refractivity contribution in [3.63, 3.8) is 0 Å². The Kier molecular flexibility index (Phi) is 7.11. The molecule has 1 spiro atoms. The summed E-state index contributed by atoms with van der Waals surface area (Å²) in [5.74, 6) is -2.04. The minimum Gasteiger partial charge on any atom is -0.462 e. The summed E-state index contributed by atoms with van der Waals surface area (Å²) >= 11 is 0.959. The van der Waals surface area contributed by atoms with Crippen LogP contribution in [0.3, 0.4) is 0 Å². The van der Waals surface area contributed by atoms with Crippen molar-refractivity contribution in [3.05, 3.63) is 16.0 Å². The lowest BCUT2D eigenvalue weighted by Gasteiger charge is -2.36. The number of amides is 5. The van der Waals surface area contributed by atoms with Crippen LogP contribution in [0.1, 0.15) is 65.1 Å². The number of thiophene rings is 1. The second-order valence-electron chi connectivity index (χ2n) is 8.67. The first-order valence-electron chi connectivity index (χ1n) is 11.0. The monoisotopic (exact) mass is 478 g/mol. The van der Waals surface area contributed by atoms with Gasteiger partial charge in [-0.15, -0.1) is 11.3 Å². The minimum absolute atomic E-state index is 0.0225. The van der Waals surface area contributed by atoms with Gasteiger partial charge in [0.1, 0.15) is 17.1 Å². The average Bonchev–Trinajstić information content (AvgIpc) is 3.19. The summed E-state index contributed by atoms with van der Waals surface area (Å²) in [6, 6.07) is -0.597. The van der Waals surface area contributed by atoms with E-state index in [4.69, 9.17) is 4.74 Å². The first kappa shape index (κ1) is 24.7. The predicted molar refractivity (Wildman–Crippen MR) is 122 cm³/mol. The molecule has 10 nitrogen and oxygen atoms in total. The molecule has 2 heterocycles. The Morgan fingerprint density at radius 3 is 2.58 bits per heavy atom. The molecule has 1 saturated carbocycles. The van der Waals surface area contributed by atoms with Crippen LogP contribution in [0.5, 0.6) is 0 Å². The highest BCUT2D eigenvalue weighted by Gasteiger charge is 2.55. The Morgan fingerprint density at radius 1 is 1.27 bits per heavy atom. The predicted octanol–water partition coefficient (Wildman–Crippen LogP) is 2.37. The molecule has 0 radical (unpaired) electrons. The summed E-state index contributed by atoms with van der Waals surface area (Å²) in [6.45, 7) is 4.84. The zero-order chi connectivity index (χ0) is 24.5. The molecule has 2 fully saturated rings. The molecule has 1 aliphatic carbocycles. The van der Waals surface area contributed by atoms with Gasteiger partial charge in [-0.1, -0.05) is 19.8 Å². The lowest BCUT2D eigenvalue weighted by Crippen LogP contribution is -2.54. The third-order valence-corrected chi connectivity index (χ3v) is 7.48. The van der Waals surface area contributed by atoms with Gasteiger partial charge in [-0.25, -0.2) is 9.59 Å². The molecule has 1 aromatic rings. The molecule has 0 aromatic carbocycles. The normalized spacial score (nSPS) is 22.3. The standard InChI is InChI=1S/C22H30N4O6S/c1-6-32-19(29)15-13(3)16(18(28)25(4)5)33-17(15)23-14(27)11-26-20(30)22(24-21(26)31)10-8-7-9-12(22)2/h12H,6-11H2,1-5H3,(H,23,27)(H,24,31)/t12-,22-/m0/s1. The smallest absolute Gasteiger partial charge is 0.341 e. The molecule has 0 bridgehead atoms. The second-order valence-corrected chi connectivity index (χ2v) is 9.69. The van der Waals surface area contributed by atoms with Crippen LogP contribution in [0.4, 0.5) is 9.80 Å². The quantitative estimate of drug-likeness (QED) is 0.478. The van der Waals surface area contributed by atoms with E-state index in [0.717, 1.165) is 35.5 Å². The number of esters is 1. The van der Waals surface area contributed by atoms with Crippen LogP contribution in [0.25, 0.3) is 0 Å². The van der Waals surface area contributed by atoms with Crippen molar-refractivity contribution in [2.45, 2.75) is 52.0 Å². The van der Waals surface area contributed by atoms with Gasteiger partial charge in [0.05, 0.1) is 17.0 Å². The Bertz CT molecular complexity index is 1000. The van der Waals surface area contributed by atoms with Crippen molar-refractivity contribution >= 4 is 46.1 Å². The molecule has 5 amide bonds. The number of carbonyl (C=O) groups is 5. The van der Waals surface area contributed by atoms with E-state index in [-0.39, 0.29) is 29.0 Å². The third kappa shape index (κ3) is 4.46. The highest BCUT2D eigenvalue weighted by atomic mass is 32.1. The summed E-state index contributed by atoms with van der Waals surface area (Å²) in [6.07, 6.45) is 3.20. The highest BCUT2D eigenvalue weighted by molar-refractivity contribution is 7.18. The van der Waals surface area contributed by atoms with Crippen molar-refractivity contribution in [2.24, 2.45) is 5.92 Å². The molecule has 3 rings (SSSR count). The van der Waals surface area contributed by atoms with Gasteiger partial charge in [0.25, 0.3) is 11.8 Å². The maximum Gasteiger partial charge on any atom is 0.341 e. The molecule has 0 unspecified atom stereocenters. The maximum atomic E-state index is 13.1. The number of imide groups is 1. The van der Waals surface area contributed by atoms with Crippen molar-refractivity contribution in [1.82, 2.24) is 15.1 Å². The average molecular weight is 479 g/mol. The molecule has 180 valence electrons. The Hall–Kier alpha value is -2.95. The van der Waals surface area contributed by atoms with Crippen molar-refractivity contribution in [2.75, 3.05) is 32.6 Å². The first-order chi connectivity index (χ1) is 15.5. The van der Waals surface area contributed by atoms with E-state index in [9.17, 15) is 24.0 Å². The molecule has 2 atom stereocenters. The maximum absolute atomic E-state index is 13.1. The number of rotatable bonds is 6. The van der Waals surface area contributed by atoms with Crippen LogP contribution in [0.15, 0.2) is 0 Å². The number of hydrogen-bond donors (Lipinski definition) is 2. The second kappa shape index (κ2) is 9.50. The van der Waals surface area contributed by atoms with Crippen LogP contribution >= 0.6 is 11.3 Å². The van der Waals surface area contributed by atoms with Crippen LogP contribution in [-0.2, 0) is 14.3 Å². The lowest BCUT2D eigenvalue weighted by molar-refractivity contribution is -0.136. The van der Waals surface area contributed by atoms with E-state index < -0.39 is 35.9 Å². The molecule has 33 heavy (non-hydrogen) atoms. The van der Waals surface area contributed by atoms with Gasteiger partial charge in [-0.3, -0.25) is 19.3 Å². The van der Waals surface area contributed by atoms with Gasteiger partial charge in [0, 0.05) is 14.1 Å². The topological polar surface area (TPSA) is 125 Å². The molecular weight excluding hydrogens is 448 g/mol. The SMILES string of the molecule is CCOC(=O)c1c(NC(=O)CN2C(=O)N[C@]3(CCCC[C@@H]3C)C2=O)sc(C(=O)N(C)C)c1C. The molecule has 2 aliphatic rings. The summed E-state index contributed by atoms with van der Waals surface area (Å²) in [5, 5.41) is 5.57. The molecule has 11 heteroatoms. The first-order valence-corrected chi connectivity index (χ1v) is 11.8.